The molecule has 0 spiro atoms. The highest BCUT2D eigenvalue weighted by Gasteiger charge is 1.78. The summed E-state index contributed by atoms with van der Waals surface area (Å²) in [4.78, 5) is 0. The van der Waals surface area contributed by atoms with Gasteiger partial charge in [-0.1, -0.05) is 22.9 Å². The lowest BCUT2D eigenvalue weighted by molar-refractivity contribution is 0.709. The van der Waals surface area contributed by atoms with Gasteiger partial charge in [-0.05, 0) is 19.5 Å². The lowest BCUT2D eigenvalue weighted by atomic mass is 10.5. The summed E-state index contributed by atoms with van der Waals surface area (Å²) in [5.41, 5.74) is 0. The van der Waals surface area contributed by atoms with Crippen molar-refractivity contribution in [1.82, 2.24) is 5.32 Å². The Labute approximate surface area is 53.6 Å². The van der Waals surface area contributed by atoms with E-state index in [1.165, 1.54) is 6.42 Å². The van der Waals surface area contributed by atoms with Crippen LogP contribution in [-0.4, -0.2) is 18.4 Å². The molecule has 0 aliphatic rings. The van der Waals surface area contributed by atoms with E-state index in [0.717, 1.165) is 18.4 Å². The number of halogens is 1. The molecule has 0 saturated heterocycles. The third-order valence-electron chi connectivity index (χ3n) is 0.737. The molecule has 0 aromatic rings. The Morgan fingerprint density at radius 3 is 2.71 bits per heavy atom. The van der Waals surface area contributed by atoms with Gasteiger partial charge in [0.1, 0.15) is 0 Å². The van der Waals surface area contributed by atoms with Crippen molar-refractivity contribution in [3.05, 3.63) is 0 Å². The van der Waals surface area contributed by atoms with Crippen LogP contribution in [0.2, 0.25) is 0 Å². The zero-order valence-corrected chi connectivity index (χ0v) is 6.29. The van der Waals surface area contributed by atoms with Gasteiger partial charge in [-0.2, -0.15) is 0 Å². The first-order valence-corrected chi connectivity index (χ1v) is 3.80. The quantitative estimate of drug-likeness (QED) is 0.491. The second kappa shape index (κ2) is 6.44. The molecule has 0 bridgehead atoms. The number of nitrogens with one attached hydrogen (secondary N) is 1. The van der Waals surface area contributed by atoms with Crippen LogP contribution < -0.4 is 5.32 Å². The molecule has 0 aromatic heterocycles. The molecule has 1 N–H and O–H groups in total. The van der Waals surface area contributed by atoms with E-state index in [4.69, 9.17) is 0 Å². The minimum absolute atomic E-state index is 1.09. The normalized spacial score (nSPS) is 9.43. The highest BCUT2D eigenvalue weighted by molar-refractivity contribution is 9.09. The second-order valence-corrected chi connectivity index (χ2v) is 2.19. The minimum Gasteiger partial charge on any atom is -0.317 e. The Hall–Kier alpha value is 0.440. The molecule has 0 amide bonds. The van der Waals surface area contributed by atoms with E-state index in [1.54, 1.807) is 0 Å². The van der Waals surface area contributed by atoms with Crippen LogP contribution in [0.3, 0.4) is 0 Å². The van der Waals surface area contributed by atoms with Crippen molar-refractivity contribution in [3.63, 3.8) is 0 Å². The average molecular weight is 166 g/mol. The lowest BCUT2D eigenvalue weighted by Gasteiger charge is -1.94. The first kappa shape index (κ1) is 7.44. The van der Waals surface area contributed by atoms with Crippen LogP contribution in [0.15, 0.2) is 0 Å². The summed E-state index contributed by atoms with van der Waals surface area (Å²) in [6.45, 7) is 4.35. The predicted octanol–water partition coefficient (Wildman–Crippen LogP) is 1.38. The van der Waals surface area contributed by atoms with E-state index in [2.05, 4.69) is 28.2 Å². The summed E-state index contributed by atoms with van der Waals surface area (Å²) >= 11 is 3.34. The van der Waals surface area contributed by atoms with Gasteiger partial charge in [0.2, 0.25) is 0 Å². The fourth-order valence-electron chi connectivity index (χ4n) is 0.369. The molecule has 0 unspecified atom stereocenters. The van der Waals surface area contributed by atoms with E-state index < -0.39 is 0 Å². The molecule has 0 saturated carbocycles. The SMILES string of the molecule is CCNCCCBr. The zero-order valence-electron chi connectivity index (χ0n) is 4.71. The summed E-state index contributed by atoms with van der Waals surface area (Å²) in [5, 5.41) is 4.33. The molecule has 44 valence electrons. The largest absolute Gasteiger partial charge is 0.317 e. The smallest absolute Gasteiger partial charge is 0.00433 e. The number of rotatable bonds is 4. The Bertz CT molecular complexity index is 27.3. The van der Waals surface area contributed by atoms with Crippen molar-refractivity contribution < 1.29 is 0 Å². The molecular formula is C5H12BrN. The van der Waals surface area contributed by atoms with Crippen molar-refractivity contribution in [3.8, 4) is 0 Å². The summed E-state index contributed by atoms with van der Waals surface area (Å²) < 4.78 is 0. The van der Waals surface area contributed by atoms with Crippen molar-refractivity contribution in [2.24, 2.45) is 0 Å². The molecule has 7 heavy (non-hydrogen) atoms. The fourth-order valence-corrected chi connectivity index (χ4v) is 0.649. The number of alkyl halides is 1. The maximum atomic E-state index is 3.34. The van der Waals surface area contributed by atoms with Gasteiger partial charge in [0.25, 0.3) is 0 Å². The fraction of sp³-hybridized carbons (Fsp3) is 1.00. The standard InChI is InChI=1S/C5H12BrN/c1-2-7-5-3-4-6/h7H,2-5H2,1H3. The Balaban J connectivity index is 2.45. The van der Waals surface area contributed by atoms with Gasteiger partial charge >= 0.3 is 0 Å². The van der Waals surface area contributed by atoms with Gasteiger partial charge in [-0.3, -0.25) is 0 Å². The van der Waals surface area contributed by atoms with Gasteiger partial charge in [0.05, 0.1) is 0 Å². The van der Waals surface area contributed by atoms with Crippen LogP contribution in [0.25, 0.3) is 0 Å². The first-order valence-electron chi connectivity index (χ1n) is 2.68. The van der Waals surface area contributed by atoms with Crippen LogP contribution in [0, 0.1) is 0 Å². The van der Waals surface area contributed by atoms with Crippen LogP contribution in [0.4, 0.5) is 0 Å². The number of hydrogen-bond donors (Lipinski definition) is 1. The second-order valence-electron chi connectivity index (χ2n) is 1.40. The summed E-state index contributed by atoms with van der Waals surface area (Å²) in [5.74, 6) is 0. The van der Waals surface area contributed by atoms with E-state index in [1.807, 2.05) is 0 Å². The van der Waals surface area contributed by atoms with E-state index in [-0.39, 0.29) is 0 Å². The maximum Gasteiger partial charge on any atom is 0.00433 e. The Kier molecular flexibility index (Phi) is 6.84. The van der Waals surface area contributed by atoms with Gasteiger partial charge < -0.3 is 5.32 Å². The summed E-state index contributed by atoms with van der Waals surface area (Å²) in [7, 11) is 0. The first-order chi connectivity index (χ1) is 3.41. The van der Waals surface area contributed by atoms with Crippen molar-refractivity contribution in [1.29, 1.82) is 0 Å². The van der Waals surface area contributed by atoms with Crippen molar-refractivity contribution in [2.75, 3.05) is 18.4 Å². The van der Waals surface area contributed by atoms with Gasteiger partial charge in [-0.15, -0.1) is 0 Å². The summed E-state index contributed by atoms with van der Waals surface area (Å²) in [6, 6.07) is 0. The van der Waals surface area contributed by atoms with Crippen LogP contribution in [0.5, 0.6) is 0 Å². The van der Waals surface area contributed by atoms with Crippen molar-refractivity contribution in [2.45, 2.75) is 13.3 Å². The molecule has 0 aliphatic heterocycles. The van der Waals surface area contributed by atoms with Crippen LogP contribution in [0.1, 0.15) is 13.3 Å². The molecular weight excluding hydrogens is 154 g/mol. The molecule has 1 nitrogen and oxygen atoms in total. The molecule has 0 atom stereocenters. The Morgan fingerprint density at radius 2 is 2.29 bits per heavy atom. The predicted molar refractivity (Wildman–Crippen MR) is 37.0 cm³/mol. The monoisotopic (exact) mass is 165 g/mol. The highest BCUT2D eigenvalue weighted by Crippen LogP contribution is 1.82. The Morgan fingerprint density at radius 1 is 1.57 bits per heavy atom. The third kappa shape index (κ3) is 6.44. The maximum absolute atomic E-state index is 3.34. The van der Waals surface area contributed by atoms with Crippen molar-refractivity contribution >= 4 is 15.9 Å². The molecule has 0 aliphatic carbocycles. The van der Waals surface area contributed by atoms with Gasteiger partial charge in [0.15, 0.2) is 0 Å². The molecule has 0 radical (unpaired) electrons. The van der Waals surface area contributed by atoms with E-state index >= 15 is 0 Å². The number of hydrogen-bond acceptors (Lipinski definition) is 1. The van der Waals surface area contributed by atoms with Gasteiger partial charge in [-0.25, -0.2) is 0 Å². The molecule has 0 aromatic carbocycles. The average Bonchev–Trinajstić information content (AvgIpc) is 1.69. The molecule has 0 heterocycles. The topological polar surface area (TPSA) is 12.0 Å². The van der Waals surface area contributed by atoms with Crippen LogP contribution >= 0.6 is 15.9 Å². The molecule has 2 heteroatoms. The van der Waals surface area contributed by atoms with E-state index in [0.29, 0.717) is 0 Å². The molecule has 0 fully saturated rings. The zero-order chi connectivity index (χ0) is 5.54. The van der Waals surface area contributed by atoms with Crippen LogP contribution in [-0.2, 0) is 0 Å². The molecule has 0 rings (SSSR count). The summed E-state index contributed by atoms with van der Waals surface area (Å²) in [6.07, 6.45) is 1.23. The minimum atomic E-state index is 1.09. The lowest BCUT2D eigenvalue weighted by Crippen LogP contribution is -2.13. The van der Waals surface area contributed by atoms with E-state index in [9.17, 15) is 0 Å². The third-order valence-corrected chi connectivity index (χ3v) is 1.30. The highest BCUT2D eigenvalue weighted by atomic mass is 79.9. The van der Waals surface area contributed by atoms with Gasteiger partial charge in [0, 0.05) is 5.33 Å².